The number of hydrogen-bond donors (Lipinski definition) is 1. The molecule has 0 saturated heterocycles. The van der Waals surface area contributed by atoms with Gasteiger partial charge in [-0.05, 0) is 18.1 Å². The number of benzene rings is 1. The zero-order valence-corrected chi connectivity index (χ0v) is 11.0. The van der Waals surface area contributed by atoms with Crippen molar-refractivity contribution in [2.45, 2.75) is 13.0 Å². The van der Waals surface area contributed by atoms with Crippen molar-refractivity contribution in [3.63, 3.8) is 0 Å². The summed E-state index contributed by atoms with van der Waals surface area (Å²) in [5, 5.41) is 6.51. The minimum atomic E-state index is -0.339. The summed E-state index contributed by atoms with van der Waals surface area (Å²) in [6.45, 7) is 2.72. The molecule has 20 heavy (non-hydrogen) atoms. The molecule has 1 atom stereocenters. The lowest BCUT2D eigenvalue weighted by molar-refractivity contribution is 0.0892. The summed E-state index contributed by atoms with van der Waals surface area (Å²) in [6, 6.07) is 8.91. The highest BCUT2D eigenvalue weighted by atomic mass is 16.5. The van der Waals surface area contributed by atoms with Gasteiger partial charge in [0, 0.05) is 5.56 Å². The molecule has 1 aliphatic heterocycles. The Kier molecular flexibility index (Phi) is 3.28. The van der Waals surface area contributed by atoms with Crippen LogP contribution in [0.25, 0.3) is 0 Å². The van der Waals surface area contributed by atoms with Crippen molar-refractivity contribution >= 4 is 5.91 Å². The topological polar surface area (TPSA) is 73.6 Å². The van der Waals surface area contributed by atoms with E-state index in [1.54, 1.807) is 0 Å². The first-order chi connectivity index (χ1) is 9.78. The molecule has 6 heteroatoms. The van der Waals surface area contributed by atoms with Crippen molar-refractivity contribution in [3.8, 4) is 11.6 Å². The van der Waals surface area contributed by atoms with E-state index in [-0.39, 0.29) is 17.7 Å². The molecule has 1 N–H and O–H groups in total. The molecule has 0 fully saturated rings. The Morgan fingerprint density at radius 3 is 3.20 bits per heavy atom. The van der Waals surface area contributed by atoms with Crippen LogP contribution in [0.4, 0.5) is 0 Å². The number of para-hydroxylation sites is 1. The number of ether oxygens (including phenoxy) is 2. The predicted molar refractivity (Wildman–Crippen MR) is 69.8 cm³/mol. The van der Waals surface area contributed by atoms with Gasteiger partial charge in [0.15, 0.2) is 0 Å². The summed E-state index contributed by atoms with van der Waals surface area (Å²) in [5.41, 5.74) is 0.963. The van der Waals surface area contributed by atoms with E-state index in [4.69, 9.17) is 14.0 Å². The quantitative estimate of drug-likeness (QED) is 0.922. The van der Waals surface area contributed by atoms with Crippen molar-refractivity contribution in [3.05, 3.63) is 41.7 Å². The largest absolute Gasteiger partial charge is 0.491 e. The molecule has 0 radical (unpaired) electrons. The molecule has 2 heterocycles. The van der Waals surface area contributed by atoms with Gasteiger partial charge in [0.05, 0.1) is 18.7 Å². The van der Waals surface area contributed by atoms with Crippen LogP contribution >= 0.6 is 0 Å². The van der Waals surface area contributed by atoms with Crippen molar-refractivity contribution in [1.82, 2.24) is 10.5 Å². The number of rotatable bonds is 4. The summed E-state index contributed by atoms with van der Waals surface area (Å²) in [4.78, 5) is 12.1. The van der Waals surface area contributed by atoms with Gasteiger partial charge in [0.25, 0.3) is 11.8 Å². The molecule has 1 amide bonds. The van der Waals surface area contributed by atoms with Crippen LogP contribution in [0.15, 0.2) is 34.9 Å². The van der Waals surface area contributed by atoms with E-state index in [1.807, 2.05) is 31.2 Å². The smallest absolute Gasteiger partial charge is 0.290 e. The molecule has 0 bridgehead atoms. The summed E-state index contributed by atoms with van der Waals surface area (Å²) in [5.74, 6) is 0.887. The maximum atomic E-state index is 12.1. The standard InChI is InChI=1S/C14H14N2O4/c1-2-18-13-7-12(20-16-13)14(17)15-10-8-19-11-6-4-3-5-9(10)11/h3-7,10H,2,8H2,1H3,(H,15,17)/t10-/m0/s1. The highest BCUT2D eigenvalue weighted by molar-refractivity contribution is 5.92. The molecule has 1 aromatic heterocycles. The highest BCUT2D eigenvalue weighted by Gasteiger charge is 2.26. The number of nitrogens with zero attached hydrogens (tertiary/aromatic N) is 1. The minimum Gasteiger partial charge on any atom is -0.491 e. The van der Waals surface area contributed by atoms with Gasteiger partial charge in [-0.15, -0.1) is 0 Å². The molecule has 0 spiro atoms. The molecule has 0 saturated carbocycles. The van der Waals surface area contributed by atoms with Gasteiger partial charge in [0.2, 0.25) is 5.76 Å². The monoisotopic (exact) mass is 274 g/mol. The molecule has 3 rings (SSSR count). The van der Waals surface area contributed by atoms with E-state index >= 15 is 0 Å². The van der Waals surface area contributed by atoms with E-state index in [9.17, 15) is 4.79 Å². The van der Waals surface area contributed by atoms with E-state index in [0.29, 0.717) is 19.1 Å². The highest BCUT2D eigenvalue weighted by Crippen LogP contribution is 2.31. The summed E-state index contributed by atoms with van der Waals surface area (Å²) in [6.07, 6.45) is 0. The van der Waals surface area contributed by atoms with Crippen LogP contribution < -0.4 is 14.8 Å². The van der Waals surface area contributed by atoms with Gasteiger partial charge in [-0.1, -0.05) is 18.2 Å². The second kappa shape index (κ2) is 5.24. The number of nitrogens with one attached hydrogen (secondary N) is 1. The van der Waals surface area contributed by atoms with Gasteiger partial charge in [-0.2, -0.15) is 0 Å². The van der Waals surface area contributed by atoms with E-state index in [0.717, 1.165) is 11.3 Å². The Morgan fingerprint density at radius 2 is 2.35 bits per heavy atom. The summed E-state index contributed by atoms with van der Waals surface area (Å²) >= 11 is 0. The zero-order chi connectivity index (χ0) is 13.9. The van der Waals surface area contributed by atoms with Crippen LogP contribution in [0.5, 0.6) is 11.6 Å². The first-order valence-electron chi connectivity index (χ1n) is 6.40. The van der Waals surface area contributed by atoms with Crippen LogP contribution in [-0.2, 0) is 0 Å². The normalized spacial score (nSPS) is 16.4. The van der Waals surface area contributed by atoms with Crippen LogP contribution in [0.2, 0.25) is 0 Å². The lowest BCUT2D eigenvalue weighted by atomic mass is 10.1. The van der Waals surface area contributed by atoms with Crippen molar-refractivity contribution < 1.29 is 18.8 Å². The average Bonchev–Trinajstić information content (AvgIpc) is 3.07. The lowest BCUT2D eigenvalue weighted by Gasteiger charge is -2.09. The van der Waals surface area contributed by atoms with E-state index in [2.05, 4.69) is 10.5 Å². The Labute approximate surface area is 115 Å². The fourth-order valence-electron chi connectivity index (χ4n) is 2.09. The maximum Gasteiger partial charge on any atom is 0.290 e. The number of fused-ring (bicyclic) bond motifs is 1. The van der Waals surface area contributed by atoms with Crippen LogP contribution in [0.3, 0.4) is 0 Å². The van der Waals surface area contributed by atoms with E-state index in [1.165, 1.54) is 6.07 Å². The molecule has 6 nitrogen and oxygen atoms in total. The molecule has 1 aromatic carbocycles. The summed E-state index contributed by atoms with van der Waals surface area (Å²) in [7, 11) is 0. The van der Waals surface area contributed by atoms with Gasteiger partial charge in [-0.3, -0.25) is 4.79 Å². The fourth-order valence-corrected chi connectivity index (χ4v) is 2.09. The average molecular weight is 274 g/mol. The third-order valence-electron chi connectivity index (χ3n) is 3.01. The molecule has 1 aliphatic rings. The number of aromatic nitrogens is 1. The van der Waals surface area contributed by atoms with Crippen LogP contribution in [0, 0.1) is 0 Å². The minimum absolute atomic E-state index is 0.123. The number of carbonyl (C=O) groups is 1. The second-order valence-electron chi connectivity index (χ2n) is 4.34. The van der Waals surface area contributed by atoms with Crippen LogP contribution in [0.1, 0.15) is 29.1 Å². The van der Waals surface area contributed by atoms with E-state index < -0.39 is 0 Å². The molecule has 0 aliphatic carbocycles. The van der Waals surface area contributed by atoms with Crippen LogP contribution in [-0.4, -0.2) is 24.3 Å². The van der Waals surface area contributed by atoms with Crippen molar-refractivity contribution in [1.29, 1.82) is 0 Å². The van der Waals surface area contributed by atoms with Gasteiger partial charge < -0.3 is 19.3 Å². The van der Waals surface area contributed by atoms with Crippen molar-refractivity contribution in [2.75, 3.05) is 13.2 Å². The molecule has 104 valence electrons. The molecule has 0 unspecified atom stereocenters. The number of amides is 1. The van der Waals surface area contributed by atoms with Gasteiger partial charge >= 0.3 is 0 Å². The molecule has 2 aromatic rings. The number of hydrogen-bond acceptors (Lipinski definition) is 5. The summed E-state index contributed by atoms with van der Waals surface area (Å²) < 4.78 is 15.6. The van der Waals surface area contributed by atoms with Crippen molar-refractivity contribution in [2.24, 2.45) is 0 Å². The first kappa shape index (κ1) is 12.5. The zero-order valence-electron chi connectivity index (χ0n) is 11.0. The lowest BCUT2D eigenvalue weighted by Crippen LogP contribution is -2.29. The Hall–Kier alpha value is -2.50. The maximum absolute atomic E-state index is 12.1. The predicted octanol–water partition coefficient (Wildman–Crippen LogP) is 1.94. The molecular formula is C14H14N2O4. The first-order valence-corrected chi connectivity index (χ1v) is 6.40. The second-order valence-corrected chi connectivity index (χ2v) is 4.34. The Bertz CT molecular complexity index is 623. The molecular weight excluding hydrogens is 260 g/mol. The number of carbonyl (C=O) groups excluding carboxylic acids is 1. The Balaban J connectivity index is 1.70. The van der Waals surface area contributed by atoms with Gasteiger partial charge in [0.1, 0.15) is 12.4 Å². The SMILES string of the molecule is CCOc1cc(C(=O)N[C@H]2COc3ccccc32)on1. The van der Waals surface area contributed by atoms with Gasteiger partial charge in [-0.25, -0.2) is 0 Å². The third kappa shape index (κ3) is 2.32. The third-order valence-corrected chi connectivity index (χ3v) is 3.01. The Morgan fingerprint density at radius 1 is 1.50 bits per heavy atom. The fraction of sp³-hybridized carbons (Fsp3) is 0.286.